The molecule has 0 N–H and O–H groups in total. The summed E-state index contributed by atoms with van der Waals surface area (Å²) in [6, 6.07) is 11.3. The van der Waals surface area contributed by atoms with Crippen LogP contribution in [0.5, 0.6) is 5.75 Å². The van der Waals surface area contributed by atoms with Gasteiger partial charge in [0.15, 0.2) is 11.3 Å². The molecule has 2 aromatic heterocycles. The Morgan fingerprint density at radius 1 is 0.944 bits per heavy atom. The molecule has 0 aliphatic heterocycles. The van der Waals surface area contributed by atoms with Crippen LogP contribution in [-0.4, -0.2) is 28.7 Å². The molecule has 0 fully saturated rings. The molecule has 2 aromatic carbocycles. The van der Waals surface area contributed by atoms with Gasteiger partial charge in [-0.25, -0.2) is 27.9 Å². The summed E-state index contributed by atoms with van der Waals surface area (Å²) in [4.78, 5) is 42.6. The van der Waals surface area contributed by atoms with Gasteiger partial charge in [-0.15, -0.1) is 0 Å². The molecule has 0 aliphatic rings. The van der Waals surface area contributed by atoms with E-state index < -0.39 is 47.0 Å². The maximum atomic E-state index is 13.5. The van der Waals surface area contributed by atoms with E-state index >= 15 is 0 Å². The lowest BCUT2D eigenvalue weighted by Gasteiger charge is -2.26. The maximum absolute atomic E-state index is 13.5. The number of fused-ring (bicyclic) bond motifs is 1. The fraction of sp³-hybridized carbons (Fsp3) is 0.231. The van der Waals surface area contributed by atoms with Gasteiger partial charge in [-0.1, -0.05) is 24.3 Å². The molecule has 10 heteroatoms. The molecular formula is C26H22F2N2O6. The molecule has 0 saturated heterocycles. The van der Waals surface area contributed by atoms with Crippen LogP contribution in [0.3, 0.4) is 0 Å². The van der Waals surface area contributed by atoms with Crippen molar-refractivity contribution in [2.24, 2.45) is 0 Å². The lowest BCUT2D eigenvalue weighted by molar-refractivity contribution is -0.152. The van der Waals surface area contributed by atoms with E-state index in [1.165, 1.54) is 50.6 Å². The van der Waals surface area contributed by atoms with Crippen LogP contribution >= 0.6 is 0 Å². The number of aromatic nitrogens is 2. The first-order valence-electron chi connectivity index (χ1n) is 11.0. The van der Waals surface area contributed by atoms with E-state index in [-0.39, 0.29) is 16.8 Å². The van der Waals surface area contributed by atoms with E-state index in [0.717, 1.165) is 0 Å². The van der Waals surface area contributed by atoms with E-state index in [4.69, 9.17) is 13.9 Å². The average molecular weight is 496 g/mol. The quantitative estimate of drug-likeness (QED) is 0.357. The molecule has 4 rings (SSSR count). The van der Waals surface area contributed by atoms with Gasteiger partial charge in [-0.3, -0.25) is 4.79 Å². The predicted molar refractivity (Wildman–Crippen MR) is 126 cm³/mol. The van der Waals surface area contributed by atoms with Gasteiger partial charge in [0.05, 0.1) is 7.11 Å². The molecule has 8 nitrogen and oxygen atoms in total. The number of ether oxygens (including phenoxy) is 2. The van der Waals surface area contributed by atoms with E-state index in [9.17, 15) is 23.2 Å². The van der Waals surface area contributed by atoms with Crippen LogP contribution in [0.2, 0.25) is 0 Å². The number of carbonyl (C=O) groups is 1. The Kier molecular flexibility index (Phi) is 6.96. The van der Waals surface area contributed by atoms with Crippen LogP contribution in [0.15, 0.2) is 74.8 Å². The molecule has 186 valence electrons. The second-order valence-corrected chi connectivity index (χ2v) is 8.13. The van der Waals surface area contributed by atoms with Crippen LogP contribution in [0.25, 0.3) is 11.1 Å². The summed E-state index contributed by atoms with van der Waals surface area (Å²) >= 11 is 0. The molecule has 0 unspecified atom stereocenters. The van der Waals surface area contributed by atoms with Gasteiger partial charge in [0, 0.05) is 18.2 Å². The van der Waals surface area contributed by atoms with Gasteiger partial charge in [-0.2, -0.15) is 0 Å². The zero-order valence-electron chi connectivity index (χ0n) is 19.6. The number of esters is 1. The number of hydrogen-bond donors (Lipinski definition) is 0. The lowest BCUT2D eigenvalue weighted by atomic mass is 9.87. The van der Waals surface area contributed by atoms with Crippen molar-refractivity contribution in [1.82, 2.24) is 9.55 Å². The molecule has 2 heterocycles. The summed E-state index contributed by atoms with van der Waals surface area (Å²) < 4.78 is 43.6. The second-order valence-electron chi connectivity index (χ2n) is 8.13. The standard InChI is InChI=1S/C26H22F2N2O6/c1-14(30-24(31)22-23(36-26(30)33)20(34-3)12-13-29-22)25(32)35-15(2)21(16-4-8-18(27)9-5-16)17-6-10-19(28)11-7-17/h4-15,21H,1-3H3/t14-,15+/m0/s1. The number of carbonyl (C=O) groups excluding carboxylic acids is 1. The minimum Gasteiger partial charge on any atom is -0.493 e. The van der Waals surface area contributed by atoms with Crippen molar-refractivity contribution in [2.75, 3.05) is 7.11 Å². The molecule has 0 amide bonds. The SMILES string of the molecule is COc1ccnc2c(=O)n([C@@H](C)C(=O)O[C@H](C)C(c3ccc(F)cc3)c3ccc(F)cc3)c(=O)oc12. The summed E-state index contributed by atoms with van der Waals surface area (Å²) in [6.45, 7) is 2.93. The Morgan fingerprint density at radius 2 is 1.50 bits per heavy atom. The van der Waals surface area contributed by atoms with Crippen LogP contribution < -0.4 is 16.1 Å². The number of pyridine rings is 1. The molecule has 4 aromatic rings. The smallest absolute Gasteiger partial charge is 0.423 e. The first-order valence-corrected chi connectivity index (χ1v) is 11.0. The highest BCUT2D eigenvalue weighted by Gasteiger charge is 2.30. The van der Waals surface area contributed by atoms with E-state index in [2.05, 4.69) is 4.98 Å². The van der Waals surface area contributed by atoms with Crippen molar-refractivity contribution >= 4 is 17.1 Å². The van der Waals surface area contributed by atoms with Crippen LogP contribution in [-0.2, 0) is 9.53 Å². The van der Waals surface area contributed by atoms with Gasteiger partial charge >= 0.3 is 11.7 Å². The summed E-state index contributed by atoms with van der Waals surface area (Å²) in [5.74, 6) is -3.28. The van der Waals surface area contributed by atoms with Crippen LogP contribution in [0.1, 0.15) is 36.9 Å². The predicted octanol–water partition coefficient (Wildman–Crippen LogP) is 3.96. The number of benzene rings is 2. The largest absolute Gasteiger partial charge is 0.493 e. The highest BCUT2D eigenvalue weighted by Crippen LogP contribution is 2.31. The molecule has 0 saturated carbocycles. The monoisotopic (exact) mass is 496 g/mol. The average Bonchev–Trinajstić information content (AvgIpc) is 2.86. The third kappa shape index (κ3) is 4.74. The normalized spacial score (nSPS) is 12.9. The van der Waals surface area contributed by atoms with Crippen LogP contribution in [0, 0.1) is 11.6 Å². The Morgan fingerprint density at radius 3 is 2.03 bits per heavy atom. The van der Waals surface area contributed by atoms with Crippen molar-refractivity contribution in [2.45, 2.75) is 31.9 Å². The van der Waals surface area contributed by atoms with Gasteiger partial charge < -0.3 is 13.9 Å². The Balaban J connectivity index is 1.67. The van der Waals surface area contributed by atoms with Crippen molar-refractivity contribution in [3.05, 3.63) is 104 Å². The third-order valence-electron chi connectivity index (χ3n) is 5.85. The minimum absolute atomic E-state index is 0.132. The number of methoxy groups -OCH3 is 1. The molecule has 0 aliphatic carbocycles. The zero-order valence-corrected chi connectivity index (χ0v) is 19.6. The Bertz CT molecular complexity index is 1470. The Hall–Kier alpha value is -4.34. The first kappa shape index (κ1) is 24.8. The maximum Gasteiger partial charge on any atom is 0.423 e. The van der Waals surface area contributed by atoms with Crippen LogP contribution in [0.4, 0.5) is 8.78 Å². The highest BCUT2D eigenvalue weighted by atomic mass is 19.1. The van der Waals surface area contributed by atoms with E-state index in [1.54, 1.807) is 31.2 Å². The first-order chi connectivity index (χ1) is 17.2. The lowest BCUT2D eigenvalue weighted by Crippen LogP contribution is -2.40. The molecule has 36 heavy (non-hydrogen) atoms. The molecule has 0 spiro atoms. The van der Waals surface area contributed by atoms with Gasteiger partial charge in [0.2, 0.25) is 5.58 Å². The van der Waals surface area contributed by atoms with Crippen molar-refractivity contribution in [3.8, 4) is 5.75 Å². The van der Waals surface area contributed by atoms with Crippen molar-refractivity contribution in [3.63, 3.8) is 0 Å². The number of nitrogens with zero attached hydrogens (tertiary/aromatic N) is 2. The fourth-order valence-corrected chi connectivity index (χ4v) is 4.04. The van der Waals surface area contributed by atoms with E-state index in [0.29, 0.717) is 15.7 Å². The number of halogens is 2. The highest BCUT2D eigenvalue weighted by molar-refractivity contribution is 5.78. The summed E-state index contributed by atoms with van der Waals surface area (Å²) in [5.41, 5.74) is 0.0835. The Labute approximate surface area is 203 Å². The minimum atomic E-state index is -1.35. The number of hydrogen-bond acceptors (Lipinski definition) is 7. The fourth-order valence-electron chi connectivity index (χ4n) is 4.04. The van der Waals surface area contributed by atoms with Gasteiger partial charge in [0.1, 0.15) is 23.8 Å². The molecule has 2 atom stereocenters. The molecule has 0 radical (unpaired) electrons. The zero-order chi connectivity index (χ0) is 26.0. The molecule has 0 bridgehead atoms. The second kappa shape index (κ2) is 10.1. The molecular weight excluding hydrogens is 474 g/mol. The topological polar surface area (TPSA) is 101 Å². The van der Waals surface area contributed by atoms with Gasteiger partial charge in [-0.05, 0) is 49.2 Å². The van der Waals surface area contributed by atoms with Gasteiger partial charge in [0.25, 0.3) is 5.56 Å². The van der Waals surface area contributed by atoms with Crippen molar-refractivity contribution in [1.29, 1.82) is 0 Å². The third-order valence-corrected chi connectivity index (χ3v) is 5.85. The summed E-state index contributed by atoms with van der Waals surface area (Å²) in [6.07, 6.45) is 0.478. The summed E-state index contributed by atoms with van der Waals surface area (Å²) in [7, 11) is 1.35. The number of rotatable bonds is 7. The summed E-state index contributed by atoms with van der Waals surface area (Å²) in [5, 5.41) is 0. The van der Waals surface area contributed by atoms with Crippen molar-refractivity contribution < 1.29 is 27.5 Å². The van der Waals surface area contributed by atoms with E-state index in [1.807, 2.05) is 0 Å².